The Kier molecular flexibility index (Phi) is 5.88. The van der Waals surface area contributed by atoms with Crippen LogP contribution in [0, 0.1) is 5.92 Å². The number of nitrogens with two attached hydrogens (primary N) is 1. The number of hydrogen-bond donors (Lipinski definition) is 1. The van der Waals surface area contributed by atoms with Crippen LogP contribution in [0.5, 0.6) is 0 Å². The molecule has 2 unspecified atom stereocenters. The van der Waals surface area contributed by atoms with E-state index in [1.165, 1.54) is 38.5 Å². The molecule has 2 atom stereocenters. The Hall–Kier alpha value is -0.120. The van der Waals surface area contributed by atoms with Gasteiger partial charge >= 0.3 is 0 Å². The highest BCUT2D eigenvalue weighted by Gasteiger charge is 2.42. The predicted molar refractivity (Wildman–Crippen MR) is 84.9 cm³/mol. The summed E-state index contributed by atoms with van der Waals surface area (Å²) in [5.74, 6) is 0.587. The normalized spacial score (nSPS) is 33.6. The van der Waals surface area contributed by atoms with Crippen LogP contribution in [0.4, 0.5) is 0 Å². The van der Waals surface area contributed by atoms with E-state index in [4.69, 9.17) is 10.5 Å². The van der Waals surface area contributed by atoms with E-state index in [0.717, 1.165) is 32.0 Å². The smallest absolute Gasteiger partial charge is 0.0616 e. The summed E-state index contributed by atoms with van der Waals surface area (Å²) in [6.45, 7) is 6.18. The second-order valence-corrected chi connectivity index (χ2v) is 7.29. The summed E-state index contributed by atoms with van der Waals surface area (Å²) in [7, 11) is 2.32. The summed E-state index contributed by atoms with van der Waals surface area (Å²) in [5, 5.41) is 0. The summed E-state index contributed by atoms with van der Waals surface area (Å²) in [4.78, 5) is 2.65. The lowest BCUT2D eigenvalue weighted by Gasteiger charge is -2.50. The van der Waals surface area contributed by atoms with E-state index in [-0.39, 0.29) is 5.54 Å². The second-order valence-electron chi connectivity index (χ2n) is 7.29. The molecule has 0 aromatic rings. The molecule has 2 aliphatic rings. The van der Waals surface area contributed by atoms with Gasteiger partial charge in [-0.2, -0.15) is 0 Å². The molecule has 3 nitrogen and oxygen atoms in total. The maximum Gasteiger partial charge on any atom is 0.0616 e. The van der Waals surface area contributed by atoms with E-state index >= 15 is 0 Å². The van der Waals surface area contributed by atoms with Gasteiger partial charge in [-0.05, 0) is 38.6 Å². The summed E-state index contributed by atoms with van der Waals surface area (Å²) in [6.07, 6.45) is 10.9. The van der Waals surface area contributed by atoms with Crippen molar-refractivity contribution in [1.82, 2.24) is 4.90 Å². The molecule has 0 aromatic carbocycles. The maximum absolute atomic E-state index is 6.25. The van der Waals surface area contributed by atoms with Crippen LogP contribution in [0.2, 0.25) is 0 Å². The molecule has 0 bridgehead atoms. The summed E-state index contributed by atoms with van der Waals surface area (Å²) in [6, 6.07) is 0.729. The number of nitrogens with zero attached hydrogens (tertiary/aromatic N) is 1. The van der Waals surface area contributed by atoms with Gasteiger partial charge in [0.05, 0.1) is 6.10 Å². The van der Waals surface area contributed by atoms with Gasteiger partial charge < -0.3 is 10.5 Å². The van der Waals surface area contributed by atoms with Gasteiger partial charge in [0.25, 0.3) is 0 Å². The standard InChI is InChI=1S/C17H34N2O/c1-14(2)16-12-17(13-18,10-11-20-16)19(3)15-8-6-4-5-7-9-15/h14-16H,4-13,18H2,1-3H3. The zero-order valence-corrected chi connectivity index (χ0v) is 13.7. The molecule has 118 valence electrons. The third-order valence-corrected chi connectivity index (χ3v) is 5.72. The second kappa shape index (κ2) is 7.24. The minimum absolute atomic E-state index is 0.169. The van der Waals surface area contributed by atoms with Gasteiger partial charge in [-0.25, -0.2) is 0 Å². The van der Waals surface area contributed by atoms with Crippen LogP contribution in [0.1, 0.15) is 65.2 Å². The SMILES string of the molecule is CC(C)C1CC(CN)(N(C)C2CCCCCC2)CCO1. The molecule has 1 heterocycles. The van der Waals surface area contributed by atoms with E-state index in [2.05, 4.69) is 25.8 Å². The molecule has 0 spiro atoms. The first-order valence-corrected chi connectivity index (χ1v) is 8.64. The Morgan fingerprint density at radius 1 is 1.20 bits per heavy atom. The molecule has 0 aromatic heterocycles. The van der Waals surface area contributed by atoms with Crippen molar-refractivity contribution in [3.63, 3.8) is 0 Å². The molecule has 1 aliphatic heterocycles. The summed E-state index contributed by atoms with van der Waals surface area (Å²) in [5.41, 5.74) is 6.42. The van der Waals surface area contributed by atoms with Crippen molar-refractivity contribution >= 4 is 0 Å². The maximum atomic E-state index is 6.25. The zero-order valence-electron chi connectivity index (χ0n) is 13.7. The molecule has 1 saturated heterocycles. The molecule has 1 saturated carbocycles. The van der Waals surface area contributed by atoms with Gasteiger partial charge in [-0.1, -0.05) is 39.5 Å². The molecular formula is C17H34N2O. The third-order valence-electron chi connectivity index (χ3n) is 5.72. The van der Waals surface area contributed by atoms with E-state index in [9.17, 15) is 0 Å². The monoisotopic (exact) mass is 282 g/mol. The van der Waals surface area contributed by atoms with Crippen molar-refractivity contribution in [1.29, 1.82) is 0 Å². The number of rotatable bonds is 4. The van der Waals surface area contributed by atoms with E-state index in [1.54, 1.807) is 0 Å². The Morgan fingerprint density at radius 3 is 2.40 bits per heavy atom. The first-order valence-electron chi connectivity index (χ1n) is 8.64. The largest absolute Gasteiger partial charge is 0.378 e. The first-order chi connectivity index (χ1) is 9.59. The lowest BCUT2D eigenvalue weighted by Crippen LogP contribution is -2.60. The lowest BCUT2D eigenvalue weighted by atomic mass is 9.80. The number of likely N-dealkylation sites (N-methyl/N-ethyl adjacent to an activating group) is 1. The number of ether oxygens (including phenoxy) is 1. The minimum atomic E-state index is 0.169. The van der Waals surface area contributed by atoms with Gasteiger partial charge in [0.2, 0.25) is 0 Å². The van der Waals surface area contributed by atoms with Crippen LogP contribution in [0.25, 0.3) is 0 Å². The van der Waals surface area contributed by atoms with E-state index in [1.807, 2.05) is 0 Å². The lowest BCUT2D eigenvalue weighted by molar-refractivity contribution is -0.0921. The van der Waals surface area contributed by atoms with Gasteiger partial charge in [0.15, 0.2) is 0 Å². The third kappa shape index (κ3) is 3.55. The highest BCUT2D eigenvalue weighted by molar-refractivity contribution is 4.98. The van der Waals surface area contributed by atoms with Gasteiger partial charge in [-0.15, -0.1) is 0 Å². The van der Waals surface area contributed by atoms with E-state index in [0.29, 0.717) is 12.0 Å². The topological polar surface area (TPSA) is 38.5 Å². The summed E-state index contributed by atoms with van der Waals surface area (Å²) >= 11 is 0. The minimum Gasteiger partial charge on any atom is -0.378 e. The highest BCUT2D eigenvalue weighted by Crippen LogP contribution is 2.36. The Bertz CT molecular complexity index is 287. The van der Waals surface area contributed by atoms with Crippen LogP contribution < -0.4 is 5.73 Å². The van der Waals surface area contributed by atoms with Crippen LogP contribution in [-0.4, -0.2) is 42.8 Å². The van der Waals surface area contributed by atoms with Crippen molar-refractivity contribution in [2.75, 3.05) is 20.2 Å². The molecule has 0 amide bonds. The van der Waals surface area contributed by atoms with E-state index < -0.39 is 0 Å². The van der Waals surface area contributed by atoms with Crippen LogP contribution in [0.3, 0.4) is 0 Å². The quantitative estimate of drug-likeness (QED) is 0.805. The van der Waals surface area contributed by atoms with Crippen LogP contribution >= 0.6 is 0 Å². The van der Waals surface area contributed by atoms with Crippen LogP contribution in [0.15, 0.2) is 0 Å². The Balaban J connectivity index is 2.07. The van der Waals surface area contributed by atoms with Gasteiger partial charge in [0, 0.05) is 24.7 Å². The molecule has 3 heteroatoms. The Morgan fingerprint density at radius 2 is 1.85 bits per heavy atom. The molecule has 20 heavy (non-hydrogen) atoms. The molecule has 1 aliphatic carbocycles. The molecule has 2 fully saturated rings. The fraction of sp³-hybridized carbons (Fsp3) is 1.00. The van der Waals surface area contributed by atoms with Crippen molar-refractivity contribution in [2.24, 2.45) is 11.7 Å². The average molecular weight is 282 g/mol. The summed E-state index contributed by atoms with van der Waals surface area (Å²) < 4.78 is 5.98. The average Bonchev–Trinajstić information content (AvgIpc) is 2.75. The van der Waals surface area contributed by atoms with Crippen molar-refractivity contribution < 1.29 is 4.74 Å². The van der Waals surface area contributed by atoms with Gasteiger partial charge in [0.1, 0.15) is 0 Å². The van der Waals surface area contributed by atoms with Crippen molar-refractivity contribution in [2.45, 2.75) is 82.9 Å². The van der Waals surface area contributed by atoms with Crippen LogP contribution in [-0.2, 0) is 4.74 Å². The molecule has 2 N–H and O–H groups in total. The zero-order chi connectivity index (χ0) is 14.6. The molecule has 0 radical (unpaired) electrons. The first kappa shape index (κ1) is 16.3. The molecular weight excluding hydrogens is 248 g/mol. The molecule has 2 rings (SSSR count). The fourth-order valence-corrected chi connectivity index (χ4v) is 4.05. The predicted octanol–water partition coefficient (Wildman–Crippen LogP) is 3.17. The number of hydrogen-bond acceptors (Lipinski definition) is 3. The fourth-order valence-electron chi connectivity index (χ4n) is 4.05. The Labute approximate surface area is 125 Å². The van der Waals surface area contributed by atoms with Gasteiger partial charge in [-0.3, -0.25) is 4.90 Å². The highest BCUT2D eigenvalue weighted by atomic mass is 16.5. The van der Waals surface area contributed by atoms with Crippen molar-refractivity contribution in [3.05, 3.63) is 0 Å². The van der Waals surface area contributed by atoms with Crippen molar-refractivity contribution in [3.8, 4) is 0 Å².